The summed E-state index contributed by atoms with van der Waals surface area (Å²) in [5, 5.41) is 0.453. The number of benzene rings is 2. The first kappa shape index (κ1) is 18.7. The lowest BCUT2D eigenvalue weighted by atomic mass is 10.2. The molecule has 0 saturated heterocycles. The maximum absolute atomic E-state index is 12.3. The summed E-state index contributed by atoms with van der Waals surface area (Å²) in [4.78, 5) is 29.1. The number of hydrogen-bond acceptors (Lipinski definition) is 3. The minimum Gasteiger partial charge on any atom is -0.329 e. The molecule has 2 amide bonds. The summed E-state index contributed by atoms with van der Waals surface area (Å²) in [6.45, 7) is 4.78. The van der Waals surface area contributed by atoms with E-state index in [2.05, 4.69) is 20.4 Å². The Morgan fingerprint density at radius 2 is 1.88 bits per heavy atom. The largest absolute Gasteiger partial charge is 0.329 e. The molecule has 0 aliphatic rings. The van der Waals surface area contributed by atoms with Gasteiger partial charge in [0.2, 0.25) is 0 Å². The molecule has 1 aromatic heterocycles. The van der Waals surface area contributed by atoms with Gasteiger partial charge in [0.25, 0.3) is 11.8 Å². The van der Waals surface area contributed by atoms with E-state index in [0.29, 0.717) is 16.1 Å². The van der Waals surface area contributed by atoms with E-state index in [-0.39, 0.29) is 0 Å². The lowest BCUT2D eigenvalue weighted by molar-refractivity contribution is 0.0846. The molecule has 6 nitrogen and oxygen atoms in total. The average molecular weight is 483 g/mol. The van der Waals surface area contributed by atoms with Gasteiger partial charge in [0, 0.05) is 20.7 Å². The summed E-state index contributed by atoms with van der Waals surface area (Å²) in [6.07, 6.45) is 0. The van der Waals surface area contributed by atoms with Crippen molar-refractivity contribution < 1.29 is 9.59 Å². The molecule has 0 unspecified atom stereocenters. The van der Waals surface area contributed by atoms with Crippen molar-refractivity contribution in [1.29, 1.82) is 0 Å². The van der Waals surface area contributed by atoms with E-state index in [9.17, 15) is 9.59 Å². The van der Waals surface area contributed by atoms with Crippen molar-refractivity contribution in [1.82, 2.24) is 20.4 Å². The van der Waals surface area contributed by atoms with Crippen LogP contribution in [-0.2, 0) is 6.54 Å². The summed E-state index contributed by atoms with van der Waals surface area (Å²) in [6, 6.07) is 10.3. The first-order valence-corrected chi connectivity index (χ1v) is 9.39. The first-order chi connectivity index (χ1) is 12.4. The van der Waals surface area contributed by atoms with Gasteiger partial charge in [0.15, 0.2) is 0 Å². The number of amides is 2. The summed E-state index contributed by atoms with van der Waals surface area (Å²) in [7, 11) is 0. The van der Waals surface area contributed by atoms with Crippen molar-refractivity contribution in [3.8, 4) is 0 Å². The fourth-order valence-corrected chi connectivity index (χ4v) is 3.47. The molecular formula is C18H16ClIN4O2. The molecule has 1 heterocycles. The number of hydrogen-bond donors (Lipinski definition) is 2. The minimum absolute atomic E-state index is 0.395. The Morgan fingerprint density at radius 3 is 2.62 bits per heavy atom. The number of imidazole rings is 1. The molecule has 134 valence electrons. The third-order valence-electron chi connectivity index (χ3n) is 3.98. The molecule has 0 aliphatic heterocycles. The lowest BCUT2D eigenvalue weighted by Gasteiger charge is -2.09. The number of rotatable bonds is 3. The van der Waals surface area contributed by atoms with Gasteiger partial charge < -0.3 is 4.57 Å². The number of hydrazine groups is 1. The summed E-state index contributed by atoms with van der Waals surface area (Å²) >= 11 is 7.96. The Morgan fingerprint density at radius 1 is 1.15 bits per heavy atom. The zero-order valence-electron chi connectivity index (χ0n) is 14.1. The van der Waals surface area contributed by atoms with Crippen LogP contribution in [0.25, 0.3) is 11.0 Å². The van der Waals surface area contributed by atoms with Gasteiger partial charge >= 0.3 is 0 Å². The molecule has 0 bridgehead atoms. The zero-order chi connectivity index (χ0) is 18.8. The van der Waals surface area contributed by atoms with E-state index in [1.807, 2.05) is 42.5 Å². The number of carbonyl (C=O) groups is 2. The van der Waals surface area contributed by atoms with Crippen molar-refractivity contribution in [3.63, 3.8) is 0 Å². The second-order valence-corrected chi connectivity index (χ2v) is 7.24. The Labute approximate surface area is 169 Å². The van der Waals surface area contributed by atoms with E-state index in [4.69, 9.17) is 11.6 Å². The molecular weight excluding hydrogens is 467 g/mol. The smallest absolute Gasteiger partial charge is 0.270 e. The van der Waals surface area contributed by atoms with E-state index in [1.165, 1.54) is 0 Å². The van der Waals surface area contributed by atoms with Gasteiger partial charge in [0.05, 0.1) is 16.6 Å². The first-order valence-electron chi connectivity index (χ1n) is 7.93. The number of halogens is 2. The number of fused-ring (bicyclic) bond motifs is 1. The van der Waals surface area contributed by atoms with Crippen molar-refractivity contribution in [3.05, 3.63) is 61.9 Å². The Balaban J connectivity index is 1.75. The van der Waals surface area contributed by atoms with E-state index in [1.54, 1.807) is 30.3 Å². The zero-order valence-corrected chi connectivity index (χ0v) is 17.1. The van der Waals surface area contributed by atoms with Crippen LogP contribution in [0.1, 0.15) is 33.5 Å². The normalized spacial score (nSPS) is 10.8. The number of aromatic nitrogens is 2. The minimum atomic E-state index is -0.433. The molecule has 3 aromatic rings. The number of nitrogens with one attached hydrogen (secondary N) is 2. The van der Waals surface area contributed by atoms with Crippen LogP contribution < -0.4 is 10.9 Å². The van der Waals surface area contributed by atoms with Gasteiger partial charge in [-0.3, -0.25) is 20.4 Å². The van der Waals surface area contributed by atoms with Crippen LogP contribution in [0.3, 0.4) is 0 Å². The van der Waals surface area contributed by atoms with Crippen LogP contribution in [0.5, 0.6) is 0 Å². The maximum Gasteiger partial charge on any atom is 0.270 e. The van der Waals surface area contributed by atoms with Gasteiger partial charge in [-0.15, -0.1) is 0 Å². The second kappa shape index (κ2) is 7.63. The topological polar surface area (TPSA) is 76.0 Å². The molecule has 0 radical (unpaired) electrons. The highest BCUT2D eigenvalue weighted by atomic mass is 127. The van der Waals surface area contributed by atoms with Crippen molar-refractivity contribution >= 4 is 57.0 Å². The van der Waals surface area contributed by atoms with Gasteiger partial charge in [-0.05, 0) is 72.8 Å². The van der Waals surface area contributed by atoms with E-state index < -0.39 is 11.8 Å². The van der Waals surface area contributed by atoms with Crippen LogP contribution in [-0.4, -0.2) is 21.4 Å². The fourth-order valence-electron chi connectivity index (χ4n) is 2.72. The summed E-state index contributed by atoms with van der Waals surface area (Å²) < 4.78 is 2.81. The van der Waals surface area contributed by atoms with Gasteiger partial charge in [0.1, 0.15) is 5.82 Å². The van der Waals surface area contributed by atoms with Crippen LogP contribution in [0, 0.1) is 10.5 Å². The van der Waals surface area contributed by atoms with E-state index >= 15 is 0 Å². The SMILES string of the molecule is CCn1c(C)nc2cc(C(=O)NNC(=O)c3cc(Cl)ccc3I)ccc21. The number of carbonyl (C=O) groups excluding carboxylic acids is 2. The van der Waals surface area contributed by atoms with Crippen LogP contribution >= 0.6 is 34.2 Å². The highest BCUT2D eigenvalue weighted by Gasteiger charge is 2.14. The quantitative estimate of drug-likeness (QED) is 0.442. The molecule has 8 heteroatoms. The van der Waals surface area contributed by atoms with E-state index in [0.717, 1.165) is 27.0 Å². The predicted octanol–water partition coefficient (Wildman–Crippen LogP) is 3.70. The molecule has 2 aromatic carbocycles. The molecule has 2 N–H and O–H groups in total. The maximum atomic E-state index is 12.3. The third-order valence-corrected chi connectivity index (χ3v) is 5.16. The number of nitrogens with zero attached hydrogens (tertiary/aromatic N) is 2. The highest BCUT2D eigenvalue weighted by Crippen LogP contribution is 2.19. The predicted molar refractivity (Wildman–Crippen MR) is 109 cm³/mol. The molecule has 0 spiro atoms. The van der Waals surface area contributed by atoms with Gasteiger partial charge in [-0.25, -0.2) is 4.98 Å². The second-order valence-electron chi connectivity index (χ2n) is 5.64. The van der Waals surface area contributed by atoms with Crippen molar-refractivity contribution in [2.45, 2.75) is 20.4 Å². The van der Waals surface area contributed by atoms with Gasteiger partial charge in [-0.1, -0.05) is 11.6 Å². The highest BCUT2D eigenvalue weighted by molar-refractivity contribution is 14.1. The van der Waals surface area contributed by atoms with Crippen molar-refractivity contribution in [2.75, 3.05) is 0 Å². The third kappa shape index (κ3) is 3.68. The van der Waals surface area contributed by atoms with Crippen LogP contribution in [0.4, 0.5) is 0 Å². The average Bonchev–Trinajstić information content (AvgIpc) is 2.95. The van der Waals surface area contributed by atoms with Crippen LogP contribution in [0.15, 0.2) is 36.4 Å². The Kier molecular flexibility index (Phi) is 5.47. The standard InChI is InChI=1S/C18H16ClIN4O2/c1-3-24-10(2)21-15-8-11(4-7-16(15)24)17(25)22-23-18(26)13-9-12(19)5-6-14(13)20/h4-9H,3H2,1-2H3,(H,22,25)(H,23,26). The molecule has 0 saturated carbocycles. The molecule has 3 rings (SSSR count). The lowest BCUT2D eigenvalue weighted by Crippen LogP contribution is -2.41. The molecule has 26 heavy (non-hydrogen) atoms. The monoisotopic (exact) mass is 482 g/mol. The van der Waals surface area contributed by atoms with Crippen molar-refractivity contribution in [2.24, 2.45) is 0 Å². The number of aryl methyl sites for hydroxylation is 2. The molecule has 0 atom stereocenters. The summed E-state index contributed by atoms with van der Waals surface area (Å²) in [5.41, 5.74) is 7.36. The van der Waals surface area contributed by atoms with Gasteiger partial charge in [-0.2, -0.15) is 0 Å². The Hall–Kier alpha value is -2.13. The summed E-state index contributed by atoms with van der Waals surface area (Å²) in [5.74, 6) is 0.0438. The fraction of sp³-hybridized carbons (Fsp3) is 0.167. The van der Waals surface area contributed by atoms with Crippen LogP contribution in [0.2, 0.25) is 5.02 Å². The Bertz CT molecular complexity index is 1020. The molecule has 0 aliphatic carbocycles. The molecule has 0 fully saturated rings.